The third-order valence-electron chi connectivity index (χ3n) is 8.58. The molecule has 7 heterocycles. The van der Waals surface area contributed by atoms with Crippen LogP contribution in [0.1, 0.15) is 31.7 Å². The molecular formula is C29H36N7O6PS. The van der Waals surface area contributed by atoms with Crippen molar-refractivity contribution in [2.45, 2.75) is 43.9 Å². The lowest BCUT2D eigenvalue weighted by atomic mass is 9.98. The minimum atomic E-state index is -3.21. The first-order valence-electron chi connectivity index (χ1n) is 14.8. The Labute approximate surface area is 259 Å². The van der Waals surface area contributed by atoms with E-state index in [4.69, 9.17) is 30.5 Å². The summed E-state index contributed by atoms with van der Waals surface area (Å²) in [7, 11) is 3.86. The lowest BCUT2D eigenvalue weighted by Gasteiger charge is -2.27. The summed E-state index contributed by atoms with van der Waals surface area (Å²) < 4.78 is 30.7. The fourth-order valence-electron chi connectivity index (χ4n) is 6.52. The van der Waals surface area contributed by atoms with Crippen LogP contribution in [0.2, 0.25) is 0 Å². The van der Waals surface area contributed by atoms with Crippen molar-refractivity contribution in [1.29, 1.82) is 0 Å². The number of ether oxygens (including phenoxy) is 3. The van der Waals surface area contributed by atoms with Gasteiger partial charge in [-0.2, -0.15) is 0 Å². The van der Waals surface area contributed by atoms with E-state index in [1.165, 1.54) is 10.5 Å². The van der Waals surface area contributed by atoms with E-state index in [0.717, 1.165) is 29.6 Å². The van der Waals surface area contributed by atoms with Gasteiger partial charge in [-0.25, -0.2) is 15.0 Å². The minimum Gasteiger partial charge on any atom is -0.379 e. The van der Waals surface area contributed by atoms with Crippen LogP contribution in [0.3, 0.4) is 0 Å². The number of aliphatic imine (C=N–C) groups is 1. The Morgan fingerprint density at radius 3 is 2.80 bits per heavy atom. The van der Waals surface area contributed by atoms with E-state index in [0.29, 0.717) is 25.4 Å². The van der Waals surface area contributed by atoms with Crippen LogP contribution in [-0.4, -0.2) is 91.9 Å². The first-order chi connectivity index (χ1) is 21.3. The molecule has 0 aromatic carbocycles. The van der Waals surface area contributed by atoms with Gasteiger partial charge in [0.2, 0.25) is 5.78 Å². The molecule has 1 N–H and O–H groups in total. The summed E-state index contributed by atoms with van der Waals surface area (Å²) in [6.07, 6.45) is 11.6. The first kappa shape index (κ1) is 29.7. The monoisotopic (exact) mass is 641 g/mol. The number of nitrogens with zero attached hydrogens (tertiary/aromatic N) is 7. The van der Waals surface area contributed by atoms with Gasteiger partial charge in [0.1, 0.15) is 18.1 Å². The average Bonchev–Trinajstić information content (AvgIpc) is 3.79. The van der Waals surface area contributed by atoms with Gasteiger partial charge in [-0.05, 0) is 49.1 Å². The summed E-state index contributed by atoms with van der Waals surface area (Å²) >= 11 is 5.70. The normalized spacial score (nSPS) is 31.6. The molecule has 3 aliphatic heterocycles. The Balaban J connectivity index is 1.10. The fraction of sp³-hybridized carbons (Fsp3) is 0.517. The molecule has 15 heteroatoms. The number of rotatable bonds is 4. The minimum absolute atomic E-state index is 0.142. The second kappa shape index (κ2) is 12.1. The quantitative estimate of drug-likeness (QED) is 0.201. The first-order valence-corrected chi connectivity index (χ1v) is 17.7. The van der Waals surface area contributed by atoms with Crippen molar-refractivity contribution >= 4 is 47.1 Å². The zero-order chi connectivity index (χ0) is 30.4. The Kier molecular flexibility index (Phi) is 8.17. The van der Waals surface area contributed by atoms with Crippen LogP contribution >= 0.6 is 6.49 Å². The van der Waals surface area contributed by atoms with Crippen molar-refractivity contribution in [2.75, 3.05) is 40.1 Å². The Bertz CT molecular complexity index is 1790. The standard InChI is InChI=1S/C29H36N7O6PS/c1-33(2)18-32-23-3-7-30-27-22(23)4-9-35(27)26-14-19-6-12-39-15-21-13-20(17-43(38,44)40-16-24(19)42-26)28(41-21)36-10-5-25(37)34-11-8-31-29(34)36/h3-5,7-11,18-21,24,26,28H,6,12-17H2,1-2H3,(H,38,44)/t19-,20-,21-,24+,26+,28+,43?/m0/s1. The molecule has 3 aliphatic rings. The molecule has 234 valence electrons. The summed E-state index contributed by atoms with van der Waals surface area (Å²) in [5.41, 5.74) is 1.47. The van der Waals surface area contributed by atoms with Gasteiger partial charge in [0, 0.05) is 75.2 Å². The molecular weight excluding hydrogens is 605 g/mol. The zero-order valence-corrected chi connectivity index (χ0v) is 26.3. The van der Waals surface area contributed by atoms with E-state index >= 15 is 0 Å². The maximum absolute atomic E-state index is 12.3. The smallest absolute Gasteiger partial charge is 0.258 e. The van der Waals surface area contributed by atoms with E-state index in [-0.39, 0.29) is 48.6 Å². The lowest BCUT2D eigenvalue weighted by Crippen LogP contribution is -2.26. The summed E-state index contributed by atoms with van der Waals surface area (Å²) in [6, 6.07) is 5.40. The fourth-order valence-corrected chi connectivity index (χ4v) is 8.69. The van der Waals surface area contributed by atoms with E-state index in [2.05, 4.69) is 19.5 Å². The number of imidazole rings is 1. The predicted molar refractivity (Wildman–Crippen MR) is 168 cm³/mol. The van der Waals surface area contributed by atoms with Gasteiger partial charge in [0.25, 0.3) is 5.56 Å². The molecule has 13 nitrogen and oxygen atoms in total. The maximum Gasteiger partial charge on any atom is 0.258 e. The molecule has 0 saturated carbocycles. The molecule has 4 aromatic rings. The van der Waals surface area contributed by atoms with Crippen LogP contribution in [0.4, 0.5) is 5.69 Å². The molecule has 44 heavy (non-hydrogen) atoms. The van der Waals surface area contributed by atoms with Crippen LogP contribution < -0.4 is 5.56 Å². The molecule has 0 radical (unpaired) electrons. The Morgan fingerprint density at radius 2 is 1.93 bits per heavy atom. The lowest BCUT2D eigenvalue weighted by molar-refractivity contribution is -0.0523. The van der Waals surface area contributed by atoms with Crippen LogP contribution in [0.25, 0.3) is 16.8 Å². The molecule has 7 rings (SSSR count). The van der Waals surface area contributed by atoms with Crippen molar-refractivity contribution < 1.29 is 23.6 Å². The van der Waals surface area contributed by atoms with Gasteiger partial charge in [0.05, 0.1) is 37.4 Å². The average molecular weight is 642 g/mol. The number of hydrogen-bond donors (Lipinski definition) is 1. The SMILES string of the molecule is CN(C)C=Nc1ccnc2c1ccn2[C@H]1C[C@@H]2CCOC[C@@H]3C[C@@H](CP(O)(=S)OC[C@H]2O1)[C@H](n1ccc(=O)n2ccnc12)O3. The zero-order valence-electron chi connectivity index (χ0n) is 24.6. The molecule has 0 aliphatic carbocycles. The molecule has 3 saturated heterocycles. The van der Waals surface area contributed by atoms with E-state index in [9.17, 15) is 9.69 Å². The highest BCUT2D eigenvalue weighted by Crippen LogP contribution is 2.51. The molecule has 7 atom stereocenters. The van der Waals surface area contributed by atoms with E-state index < -0.39 is 12.7 Å². The van der Waals surface area contributed by atoms with Crippen LogP contribution in [0.15, 0.2) is 59.0 Å². The third kappa shape index (κ3) is 5.87. The van der Waals surface area contributed by atoms with Crippen molar-refractivity contribution in [1.82, 2.24) is 28.4 Å². The highest BCUT2D eigenvalue weighted by atomic mass is 32.5. The van der Waals surface area contributed by atoms with Crippen molar-refractivity contribution in [3.05, 3.63) is 59.5 Å². The topological polar surface area (TPSA) is 130 Å². The Morgan fingerprint density at radius 1 is 1.07 bits per heavy atom. The van der Waals surface area contributed by atoms with E-state index in [1.807, 2.05) is 41.9 Å². The highest BCUT2D eigenvalue weighted by Gasteiger charge is 2.42. The van der Waals surface area contributed by atoms with Crippen molar-refractivity contribution in [2.24, 2.45) is 16.8 Å². The summed E-state index contributed by atoms with van der Waals surface area (Å²) in [5, 5.41) is 0.946. The van der Waals surface area contributed by atoms with Gasteiger partial charge in [0.15, 0.2) is 6.49 Å². The molecule has 3 fully saturated rings. The summed E-state index contributed by atoms with van der Waals surface area (Å²) in [4.78, 5) is 39.2. The predicted octanol–water partition coefficient (Wildman–Crippen LogP) is 3.31. The van der Waals surface area contributed by atoms with Gasteiger partial charge >= 0.3 is 0 Å². The Hall–Kier alpha value is -2.97. The molecule has 2 bridgehead atoms. The van der Waals surface area contributed by atoms with Gasteiger partial charge < -0.3 is 33.1 Å². The van der Waals surface area contributed by atoms with E-state index in [1.54, 1.807) is 31.1 Å². The summed E-state index contributed by atoms with van der Waals surface area (Å²) in [5.74, 6) is 0.459. The number of pyridine rings is 1. The second-order valence-electron chi connectivity index (χ2n) is 11.9. The third-order valence-corrected chi connectivity index (χ3v) is 10.8. The van der Waals surface area contributed by atoms with Crippen molar-refractivity contribution in [3.63, 3.8) is 0 Å². The van der Waals surface area contributed by atoms with Crippen LogP contribution in [-0.2, 0) is 30.5 Å². The number of aromatic nitrogens is 5. The number of hydrogen-bond acceptors (Lipinski definition) is 9. The second-order valence-corrected chi connectivity index (χ2v) is 15.5. The van der Waals surface area contributed by atoms with Gasteiger partial charge in [-0.15, -0.1) is 0 Å². The van der Waals surface area contributed by atoms with Crippen molar-refractivity contribution in [3.8, 4) is 0 Å². The van der Waals surface area contributed by atoms with Crippen LogP contribution in [0, 0.1) is 11.8 Å². The van der Waals surface area contributed by atoms with Crippen LogP contribution in [0.5, 0.6) is 0 Å². The molecule has 1 unspecified atom stereocenters. The highest BCUT2D eigenvalue weighted by molar-refractivity contribution is 8.09. The molecule has 0 amide bonds. The summed E-state index contributed by atoms with van der Waals surface area (Å²) in [6.45, 7) is -2.07. The molecule has 4 aromatic heterocycles. The number of fused-ring (bicyclic) bond motifs is 5. The molecule has 0 spiro atoms. The maximum atomic E-state index is 12.3. The largest absolute Gasteiger partial charge is 0.379 e. The van der Waals surface area contributed by atoms with Gasteiger partial charge in [-0.1, -0.05) is 0 Å². The van der Waals surface area contributed by atoms with Gasteiger partial charge in [-0.3, -0.25) is 13.8 Å².